The Hall–Kier alpha value is -1.83. The van der Waals surface area contributed by atoms with Crippen LogP contribution in [0, 0.1) is 11.3 Å². The topological polar surface area (TPSA) is 36.7 Å². The van der Waals surface area contributed by atoms with Crippen LogP contribution in [0.25, 0.3) is 10.9 Å². The number of nitriles is 1. The Balaban J connectivity index is 2.17. The van der Waals surface area contributed by atoms with Crippen LogP contribution < -0.4 is 0 Å². The van der Waals surface area contributed by atoms with Gasteiger partial charge in [-0.25, -0.2) is 0 Å². The molecule has 0 aliphatic rings. The maximum Gasteiger partial charge on any atom is 0.102 e. The second-order valence-electron chi connectivity index (χ2n) is 4.19. The van der Waals surface area contributed by atoms with Crippen LogP contribution >= 0.6 is 27.7 Å². The molecule has 1 aromatic heterocycles. The fourth-order valence-electron chi connectivity index (χ4n) is 1.95. The van der Waals surface area contributed by atoms with Gasteiger partial charge in [0.1, 0.15) is 6.07 Å². The van der Waals surface area contributed by atoms with Crippen molar-refractivity contribution in [3.63, 3.8) is 0 Å². The van der Waals surface area contributed by atoms with Gasteiger partial charge in [0.2, 0.25) is 0 Å². The minimum Gasteiger partial charge on any atom is -0.255 e. The smallest absolute Gasteiger partial charge is 0.102 e. The van der Waals surface area contributed by atoms with Crippen molar-refractivity contribution < 1.29 is 0 Å². The van der Waals surface area contributed by atoms with Gasteiger partial charge in [-0.3, -0.25) is 4.98 Å². The highest BCUT2D eigenvalue weighted by Gasteiger charge is 2.10. The molecule has 3 rings (SSSR count). The first-order valence-corrected chi connectivity index (χ1v) is 7.60. The van der Waals surface area contributed by atoms with Gasteiger partial charge in [-0.15, -0.1) is 0 Å². The van der Waals surface area contributed by atoms with Crippen molar-refractivity contribution in [1.82, 2.24) is 4.98 Å². The molecule has 20 heavy (non-hydrogen) atoms. The van der Waals surface area contributed by atoms with Crippen molar-refractivity contribution in [2.45, 2.75) is 9.79 Å². The summed E-state index contributed by atoms with van der Waals surface area (Å²) < 4.78 is 1.03. The molecular formula is C16H9BrN2S. The van der Waals surface area contributed by atoms with Crippen LogP contribution in [0.5, 0.6) is 0 Å². The lowest BCUT2D eigenvalue weighted by atomic mass is 10.2. The Morgan fingerprint density at radius 2 is 1.95 bits per heavy atom. The van der Waals surface area contributed by atoms with Gasteiger partial charge in [-0.05, 0) is 24.3 Å². The lowest BCUT2D eigenvalue weighted by Crippen LogP contribution is -1.88. The molecule has 2 nitrogen and oxygen atoms in total. The van der Waals surface area contributed by atoms with Crippen LogP contribution in [-0.2, 0) is 0 Å². The van der Waals surface area contributed by atoms with E-state index < -0.39 is 0 Å². The minimum atomic E-state index is 0.605. The normalized spacial score (nSPS) is 10.4. The molecule has 1 heterocycles. The van der Waals surface area contributed by atoms with Gasteiger partial charge < -0.3 is 0 Å². The molecule has 0 saturated heterocycles. The summed E-state index contributed by atoms with van der Waals surface area (Å²) in [5.74, 6) is 0. The van der Waals surface area contributed by atoms with Crippen LogP contribution in [0.15, 0.2) is 69.0 Å². The summed E-state index contributed by atoms with van der Waals surface area (Å²) in [6, 6.07) is 18.2. The van der Waals surface area contributed by atoms with Crippen molar-refractivity contribution in [3.8, 4) is 6.07 Å². The number of benzene rings is 2. The molecule has 0 aliphatic heterocycles. The van der Waals surface area contributed by atoms with E-state index in [9.17, 15) is 5.26 Å². The summed E-state index contributed by atoms with van der Waals surface area (Å²) in [6.07, 6.45) is 1.64. The zero-order chi connectivity index (χ0) is 13.9. The van der Waals surface area contributed by atoms with E-state index in [1.54, 1.807) is 18.0 Å². The van der Waals surface area contributed by atoms with Gasteiger partial charge in [0, 0.05) is 25.8 Å². The largest absolute Gasteiger partial charge is 0.255 e. The fraction of sp³-hybridized carbons (Fsp3) is 0. The Kier molecular flexibility index (Phi) is 3.72. The summed E-state index contributed by atoms with van der Waals surface area (Å²) in [5, 5.41) is 10.3. The standard InChI is InChI=1S/C16H9BrN2S/c17-12-4-3-5-13(8-12)20-16-11(9-18)10-19-15-7-2-1-6-14(15)16/h1-8,10H. The average Bonchev–Trinajstić information content (AvgIpc) is 2.48. The molecule has 0 spiro atoms. The van der Waals surface area contributed by atoms with E-state index >= 15 is 0 Å². The number of hydrogen-bond acceptors (Lipinski definition) is 3. The molecule has 0 fully saturated rings. The molecule has 0 amide bonds. The molecule has 0 unspecified atom stereocenters. The number of para-hydroxylation sites is 1. The van der Waals surface area contributed by atoms with E-state index in [0.717, 1.165) is 25.2 Å². The Morgan fingerprint density at radius 3 is 2.75 bits per heavy atom. The molecule has 0 radical (unpaired) electrons. The van der Waals surface area contributed by atoms with Crippen LogP contribution in [0.4, 0.5) is 0 Å². The third kappa shape index (κ3) is 2.55. The second-order valence-corrected chi connectivity index (χ2v) is 6.19. The molecule has 0 saturated carbocycles. The van der Waals surface area contributed by atoms with Crippen molar-refractivity contribution in [3.05, 3.63) is 64.8 Å². The average molecular weight is 341 g/mol. The number of hydrogen-bond donors (Lipinski definition) is 0. The van der Waals surface area contributed by atoms with Crippen LogP contribution in [0.2, 0.25) is 0 Å². The van der Waals surface area contributed by atoms with E-state index in [-0.39, 0.29) is 0 Å². The van der Waals surface area contributed by atoms with E-state index in [0.29, 0.717) is 5.56 Å². The molecule has 3 aromatic rings. The van der Waals surface area contributed by atoms with Gasteiger partial charge in [-0.2, -0.15) is 5.26 Å². The number of pyridine rings is 1. The van der Waals surface area contributed by atoms with Crippen LogP contribution in [0.1, 0.15) is 5.56 Å². The molecule has 0 aliphatic carbocycles. The molecule has 0 N–H and O–H groups in total. The Morgan fingerprint density at radius 1 is 1.10 bits per heavy atom. The van der Waals surface area contributed by atoms with Crippen molar-refractivity contribution in [1.29, 1.82) is 5.26 Å². The van der Waals surface area contributed by atoms with E-state index in [1.165, 1.54) is 0 Å². The predicted octanol–water partition coefficient (Wildman–Crippen LogP) is 5.02. The Labute approximate surface area is 129 Å². The second kappa shape index (κ2) is 5.66. The number of rotatable bonds is 2. The number of fused-ring (bicyclic) bond motifs is 1. The summed E-state index contributed by atoms with van der Waals surface area (Å²) in [5.41, 5.74) is 1.51. The number of nitrogens with zero attached hydrogens (tertiary/aromatic N) is 2. The van der Waals surface area contributed by atoms with E-state index in [4.69, 9.17) is 0 Å². The Bertz CT molecular complexity index is 824. The molecule has 96 valence electrons. The fourth-order valence-corrected chi connectivity index (χ4v) is 3.56. The first-order chi connectivity index (χ1) is 9.78. The SMILES string of the molecule is N#Cc1cnc2ccccc2c1Sc1cccc(Br)c1. The lowest BCUT2D eigenvalue weighted by molar-refractivity contribution is 1.30. The summed E-state index contributed by atoms with van der Waals surface area (Å²) in [4.78, 5) is 6.37. The van der Waals surface area contributed by atoms with Crippen molar-refractivity contribution in [2.75, 3.05) is 0 Å². The van der Waals surface area contributed by atoms with Crippen LogP contribution in [0.3, 0.4) is 0 Å². The lowest BCUT2D eigenvalue weighted by Gasteiger charge is -2.08. The first-order valence-electron chi connectivity index (χ1n) is 5.99. The third-order valence-electron chi connectivity index (χ3n) is 2.86. The minimum absolute atomic E-state index is 0.605. The first kappa shape index (κ1) is 13.2. The summed E-state index contributed by atoms with van der Waals surface area (Å²) >= 11 is 5.06. The molecule has 4 heteroatoms. The summed E-state index contributed by atoms with van der Waals surface area (Å²) in [7, 11) is 0. The third-order valence-corrected chi connectivity index (χ3v) is 4.49. The quantitative estimate of drug-likeness (QED) is 0.657. The van der Waals surface area contributed by atoms with Crippen LogP contribution in [-0.4, -0.2) is 4.98 Å². The predicted molar refractivity (Wildman–Crippen MR) is 84.7 cm³/mol. The highest BCUT2D eigenvalue weighted by atomic mass is 79.9. The highest BCUT2D eigenvalue weighted by Crippen LogP contribution is 2.36. The highest BCUT2D eigenvalue weighted by molar-refractivity contribution is 9.10. The molecule has 2 aromatic carbocycles. The van der Waals surface area contributed by atoms with Crippen molar-refractivity contribution in [2.24, 2.45) is 0 Å². The van der Waals surface area contributed by atoms with Gasteiger partial charge in [0.25, 0.3) is 0 Å². The molecule has 0 bridgehead atoms. The van der Waals surface area contributed by atoms with E-state index in [1.807, 2.05) is 48.5 Å². The molecule has 0 atom stereocenters. The number of aromatic nitrogens is 1. The van der Waals surface area contributed by atoms with Gasteiger partial charge in [0.15, 0.2) is 0 Å². The van der Waals surface area contributed by atoms with Gasteiger partial charge in [0.05, 0.1) is 11.1 Å². The maximum atomic E-state index is 9.30. The van der Waals surface area contributed by atoms with Gasteiger partial charge in [-0.1, -0.05) is 52.0 Å². The summed E-state index contributed by atoms with van der Waals surface area (Å²) in [6.45, 7) is 0. The monoisotopic (exact) mass is 340 g/mol. The van der Waals surface area contributed by atoms with E-state index in [2.05, 4.69) is 27.0 Å². The van der Waals surface area contributed by atoms with Crippen molar-refractivity contribution >= 4 is 38.6 Å². The number of halogens is 1. The zero-order valence-corrected chi connectivity index (χ0v) is 12.8. The maximum absolute atomic E-state index is 9.30. The molecular weight excluding hydrogens is 332 g/mol. The zero-order valence-electron chi connectivity index (χ0n) is 10.4. The van der Waals surface area contributed by atoms with Gasteiger partial charge >= 0.3 is 0 Å².